The minimum absolute atomic E-state index is 0.167. The lowest BCUT2D eigenvalue weighted by Crippen LogP contribution is -2.29. The number of nitrogens with zero attached hydrogens (tertiary/aromatic N) is 1. The van der Waals surface area contributed by atoms with Gasteiger partial charge < -0.3 is 19.7 Å². The van der Waals surface area contributed by atoms with E-state index in [1.165, 1.54) is 44.1 Å². The summed E-state index contributed by atoms with van der Waals surface area (Å²) in [5.41, 5.74) is 1.17. The number of carbonyl (C=O) groups excluding carboxylic acids is 1. The molecule has 1 aliphatic heterocycles. The van der Waals surface area contributed by atoms with Crippen LogP contribution in [0.5, 0.6) is 5.75 Å². The first kappa shape index (κ1) is 19.6. The van der Waals surface area contributed by atoms with E-state index in [1.54, 1.807) is 0 Å². The Labute approximate surface area is 168 Å². The second-order valence-corrected chi connectivity index (χ2v) is 8.83. The molecule has 5 nitrogen and oxygen atoms in total. The van der Waals surface area contributed by atoms with Crippen molar-refractivity contribution in [1.82, 2.24) is 10.2 Å². The van der Waals surface area contributed by atoms with Crippen LogP contribution < -0.4 is 10.1 Å². The molecule has 1 saturated heterocycles. The number of hydrogen-bond acceptors (Lipinski definition) is 4. The normalized spacial score (nSPS) is 24.2. The van der Waals surface area contributed by atoms with Gasteiger partial charge in [-0.25, -0.2) is 4.79 Å². The number of amides is 1. The molecule has 1 amide bonds. The van der Waals surface area contributed by atoms with Crippen molar-refractivity contribution < 1.29 is 14.3 Å². The fourth-order valence-corrected chi connectivity index (χ4v) is 4.58. The van der Waals surface area contributed by atoms with Crippen molar-refractivity contribution in [1.29, 1.82) is 0 Å². The molecule has 1 aromatic rings. The molecule has 3 fully saturated rings. The van der Waals surface area contributed by atoms with Crippen molar-refractivity contribution in [2.24, 2.45) is 5.92 Å². The molecular formula is C23H34N2O3. The molecule has 4 rings (SSSR count). The number of para-hydroxylation sites is 1. The zero-order valence-electron chi connectivity index (χ0n) is 17.1. The third-order valence-corrected chi connectivity index (χ3v) is 6.34. The lowest BCUT2D eigenvalue weighted by Gasteiger charge is -2.25. The molecule has 5 heteroatoms. The minimum atomic E-state index is -0.178. The van der Waals surface area contributed by atoms with Crippen molar-refractivity contribution in [3.8, 4) is 5.75 Å². The van der Waals surface area contributed by atoms with Gasteiger partial charge in [0.25, 0.3) is 0 Å². The lowest BCUT2D eigenvalue weighted by atomic mass is 9.85. The lowest BCUT2D eigenvalue weighted by molar-refractivity contribution is 0.102. The Kier molecular flexibility index (Phi) is 6.40. The van der Waals surface area contributed by atoms with Gasteiger partial charge in [-0.3, -0.25) is 0 Å². The first-order valence-electron chi connectivity index (χ1n) is 11.1. The summed E-state index contributed by atoms with van der Waals surface area (Å²) in [5.74, 6) is 1.77. The molecule has 0 aromatic heterocycles. The smallest absolute Gasteiger partial charge is 0.410 e. The highest BCUT2D eigenvalue weighted by molar-refractivity contribution is 5.70. The fourth-order valence-electron chi connectivity index (χ4n) is 4.58. The third kappa shape index (κ3) is 5.19. The van der Waals surface area contributed by atoms with Crippen molar-refractivity contribution in [2.75, 3.05) is 13.2 Å². The summed E-state index contributed by atoms with van der Waals surface area (Å²) < 4.78 is 11.5. The monoisotopic (exact) mass is 386 g/mol. The summed E-state index contributed by atoms with van der Waals surface area (Å²) >= 11 is 0. The van der Waals surface area contributed by atoms with Crippen LogP contribution in [-0.2, 0) is 11.3 Å². The van der Waals surface area contributed by atoms with Crippen molar-refractivity contribution in [3.05, 3.63) is 29.8 Å². The van der Waals surface area contributed by atoms with Crippen LogP contribution in [0, 0.1) is 5.92 Å². The van der Waals surface area contributed by atoms with Gasteiger partial charge in [0, 0.05) is 24.2 Å². The number of carbonyl (C=O) groups is 1. The van der Waals surface area contributed by atoms with Crippen LogP contribution in [0.25, 0.3) is 0 Å². The van der Waals surface area contributed by atoms with Crippen molar-refractivity contribution in [3.63, 3.8) is 0 Å². The van der Waals surface area contributed by atoms with Gasteiger partial charge in [-0.2, -0.15) is 0 Å². The molecule has 0 radical (unpaired) electrons. The van der Waals surface area contributed by atoms with E-state index in [2.05, 4.69) is 24.4 Å². The minimum Gasteiger partial charge on any atom is -0.489 e. The van der Waals surface area contributed by atoms with Crippen LogP contribution in [0.3, 0.4) is 0 Å². The zero-order valence-corrected chi connectivity index (χ0v) is 17.1. The molecule has 2 saturated carbocycles. The van der Waals surface area contributed by atoms with Crippen LogP contribution >= 0.6 is 0 Å². The van der Waals surface area contributed by atoms with Crippen LogP contribution in [0.1, 0.15) is 63.9 Å². The standard InChI is InChI=1S/C23H34N2O3/c1-17(13-18-7-3-2-4-8-18)24-14-19-9-5-6-10-22(19)27-16-21-15-25(20-11-12-20)23(26)28-21/h5-6,9-10,17-18,20-21,24H,2-4,7-8,11-16H2,1H3. The number of rotatable bonds is 9. The predicted octanol–water partition coefficient (Wildman–Crippen LogP) is 4.50. The van der Waals surface area contributed by atoms with Gasteiger partial charge in [0.15, 0.2) is 6.10 Å². The van der Waals surface area contributed by atoms with E-state index in [9.17, 15) is 4.79 Å². The van der Waals surface area contributed by atoms with E-state index in [0.29, 0.717) is 25.2 Å². The molecule has 1 aromatic carbocycles. The highest BCUT2D eigenvalue weighted by Gasteiger charge is 2.41. The second-order valence-electron chi connectivity index (χ2n) is 8.83. The molecule has 3 aliphatic rings. The molecule has 2 unspecified atom stereocenters. The molecule has 154 valence electrons. The molecule has 2 atom stereocenters. The van der Waals surface area contributed by atoms with Gasteiger partial charge in [-0.15, -0.1) is 0 Å². The summed E-state index contributed by atoms with van der Waals surface area (Å²) in [6.45, 7) is 4.18. The molecule has 2 aliphatic carbocycles. The molecular weight excluding hydrogens is 352 g/mol. The number of ether oxygens (including phenoxy) is 2. The van der Waals surface area contributed by atoms with Gasteiger partial charge in [0.1, 0.15) is 12.4 Å². The molecule has 1 heterocycles. The van der Waals surface area contributed by atoms with Crippen LogP contribution in [0.2, 0.25) is 0 Å². The fraction of sp³-hybridized carbons (Fsp3) is 0.696. The maximum atomic E-state index is 11.9. The predicted molar refractivity (Wildman–Crippen MR) is 109 cm³/mol. The molecule has 28 heavy (non-hydrogen) atoms. The van der Waals surface area contributed by atoms with Crippen LogP contribution in [0.4, 0.5) is 4.79 Å². The Morgan fingerprint density at radius 1 is 1.18 bits per heavy atom. The number of cyclic esters (lactones) is 1. The van der Waals surface area contributed by atoms with Gasteiger partial charge in [-0.1, -0.05) is 50.3 Å². The Morgan fingerprint density at radius 3 is 2.75 bits per heavy atom. The summed E-state index contributed by atoms with van der Waals surface area (Å²) in [7, 11) is 0. The van der Waals surface area contributed by atoms with E-state index in [1.807, 2.05) is 17.0 Å². The SMILES string of the molecule is CC(CC1CCCCC1)NCc1ccccc1OCC1CN(C2CC2)C(=O)O1. The Hall–Kier alpha value is -1.75. The zero-order chi connectivity index (χ0) is 19.3. The quantitative estimate of drug-likeness (QED) is 0.679. The highest BCUT2D eigenvalue weighted by Crippen LogP contribution is 2.31. The number of hydrogen-bond donors (Lipinski definition) is 1. The topological polar surface area (TPSA) is 50.8 Å². The van der Waals surface area contributed by atoms with Crippen molar-refractivity contribution >= 4 is 6.09 Å². The van der Waals surface area contributed by atoms with Crippen LogP contribution in [-0.4, -0.2) is 42.3 Å². The van der Waals surface area contributed by atoms with Gasteiger partial charge in [0.05, 0.1) is 6.54 Å². The van der Waals surface area contributed by atoms with E-state index >= 15 is 0 Å². The summed E-state index contributed by atoms with van der Waals surface area (Å²) in [5, 5.41) is 3.68. The maximum absolute atomic E-state index is 11.9. The van der Waals surface area contributed by atoms with Crippen LogP contribution in [0.15, 0.2) is 24.3 Å². The van der Waals surface area contributed by atoms with E-state index in [0.717, 1.165) is 31.1 Å². The molecule has 1 N–H and O–H groups in total. The average molecular weight is 387 g/mol. The summed E-state index contributed by atoms with van der Waals surface area (Å²) in [6.07, 6.45) is 10.1. The van der Waals surface area contributed by atoms with Gasteiger partial charge in [-0.05, 0) is 38.2 Å². The van der Waals surface area contributed by atoms with Gasteiger partial charge in [0.2, 0.25) is 0 Å². The van der Waals surface area contributed by atoms with Gasteiger partial charge >= 0.3 is 6.09 Å². The number of benzene rings is 1. The summed E-state index contributed by atoms with van der Waals surface area (Å²) in [6, 6.07) is 9.10. The van der Waals surface area contributed by atoms with E-state index < -0.39 is 0 Å². The Morgan fingerprint density at radius 2 is 1.96 bits per heavy atom. The Balaban J connectivity index is 1.24. The maximum Gasteiger partial charge on any atom is 0.410 e. The largest absolute Gasteiger partial charge is 0.489 e. The average Bonchev–Trinajstić information content (AvgIpc) is 3.48. The van der Waals surface area contributed by atoms with E-state index in [4.69, 9.17) is 9.47 Å². The second kappa shape index (κ2) is 9.17. The first-order chi connectivity index (χ1) is 13.7. The number of nitrogens with one attached hydrogen (secondary N) is 1. The van der Waals surface area contributed by atoms with E-state index in [-0.39, 0.29) is 12.2 Å². The first-order valence-corrected chi connectivity index (χ1v) is 11.1. The van der Waals surface area contributed by atoms with Crippen molar-refractivity contribution in [2.45, 2.75) is 83.0 Å². The third-order valence-electron chi connectivity index (χ3n) is 6.34. The molecule has 0 spiro atoms. The Bertz CT molecular complexity index is 655. The molecule has 0 bridgehead atoms. The summed E-state index contributed by atoms with van der Waals surface area (Å²) in [4.78, 5) is 13.8. The highest BCUT2D eigenvalue weighted by atomic mass is 16.6.